The van der Waals surface area contributed by atoms with Crippen molar-refractivity contribution in [2.45, 2.75) is 58.7 Å². The zero-order valence-electron chi connectivity index (χ0n) is 15.3. The van der Waals surface area contributed by atoms with Crippen molar-refractivity contribution in [3.8, 4) is 0 Å². The van der Waals surface area contributed by atoms with E-state index in [9.17, 15) is 14.7 Å². The van der Waals surface area contributed by atoms with E-state index in [-0.39, 0.29) is 18.5 Å². The van der Waals surface area contributed by atoms with E-state index in [1.807, 2.05) is 20.8 Å². The summed E-state index contributed by atoms with van der Waals surface area (Å²) in [5.41, 5.74) is 2.23. The highest BCUT2D eigenvalue weighted by molar-refractivity contribution is 5.91. The van der Waals surface area contributed by atoms with Crippen LogP contribution in [-0.2, 0) is 19.1 Å². The molecule has 1 aliphatic carbocycles. The van der Waals surface area contributed by atoms with Crippen LogP contribution in [0.25, 0.3) is 0 Å². The summed E-state index contributed by atoms with van der Waals surface area (Å²) in [4.78, 5) is 24.3. The Labute approximate surface area is 149 Å². The summed E-state index contributed by atoms with van der Waals surface area (Å²) >= 11 is 0. The van der Waals surface area contributed by atoms with E-state index in [0.717, 1.165) is 17.6 Å². The fourth-order valence-electron chi connectivity index (χ4n) is 3.32. The third-order valence-corrected chi connectivity index (χ3v) is 4.60. The highest BCUT2D eigenvalue weighted by atomic mass is 16.6. The number of allylic oxidation sites excluding steroid dienone is 1. The predicted octanol–water partition coefficient (Wildman–Crippen LogP) is 3.09. The first kappa shape index (κ1) is 19.4. The third-order valence-electron chi connectivity index (χ3n) is 4.60. The van der Waals surface area contributed by atoms with Gasteiger partial charge in [-0.1, -0.05) is 32.1 Å². The van der Waals surface area contributed by atoms with Gasteiger partial charge >= 0.3 is 11.9 Å². The molecular formula is C20H28O5. The van der Waals surface area contributed by atoms with Crippen LogP contribution >= 0.6 is 0 Å². The minimum atomic E-state index is -0.551. The van der Waals surface area contributed by atoms with Crippen LogP contribution in [0.15, 0.2) is 35.5 Å². The summed E-state index contributed by atoms with van der Waals surface area (Å²) in [7, 11) is 0. The smallest absolute Gasteiger partial charge is 0.334 e. The molecule has 1 fully saturated rings. The van der Waals surface area contributed by atoms with E-state index < -0.39 is 24.1 Å². The maximum Gasteiger partial charge on any atom is 0.334 e. The summed E-state index contributed by atoms with van der Waals surface area (Å²) in [5, 5.41) is 9.56. The molecule has 0 aromatic heterocycles. The summed E-state index contributed by atoms with van der Waals surface area (Å²) in [5.74, 6) is -0.965. The molecule has 1 saturated heterocycles. The van der Waals surface area contributed by atoms with Gasteiger partial charge in [0.15, 0.2) is 0 Å². The quantitative estimate of drug-likeness (QED) is 0.480. The number of carbonyl (C=O) groups excluding carboxylic acids is 2. The van der Waals surface area contributed by atoms with E-state index in [0.29, 0.717) is 24.8 Å². The summed E-state index contributed by atoms with van der Waals surface area (Å²) < 4.78 is 11.2. The van der Waals surface area contributed by atoms with E-state index in [4.69, 9.17) is 9.47 Å². The van der Waals surface area contributed by atoms with Crippen LogP contribution in [0.5, 0.6) is 0 Å². The van der Waals surface area contributed by atoms with Crippen LogP contribution in [0, 0.1) is 11.8 Å². The molecule has 25 heavy (non-hydrogen) atoms. The second-order valence-corrected chi connectivity index (χ2v) is 7.32. The van der Waals surface area contributed by atoms with Crippen molar-refractivity contribution in [3.05, 3.63) is 35.5 Å². The molecule has 0 amide bonds. The molecule has 0 bridgehead atoms. The average molecular weight is 348 g/mol. The zero-order valence-corrected chi connectivity index (χ0v) is 15.3. The number of aliphatic hydroxyl groups excluding tert-OH is 1. The number of carbonyl (C=O) groups is 2. The number of rotatable bonds is 4. The van der Waals surface area contributed by atoms with Crippen LogP contribution in [0.4, 0.5) is 0 Å². The summed E-state index contributed by atoms with van der Waals surface area (Å²) in [6.45, 7) is 9.68. The third kappa shape index (κ3) is 5.05. The van der Waals surface area contributed by atoms with Crippen molar-refractivity contribution < 1.29 is 24.2 Å². The molecule has 2 aliphatic rings. The van der Waals surface area contributed by atoms with Gasteiger partial charge in [0, 0.05) is 18.4 Å². The summed E-state index contributed by atoms with van der Waals surface area (Å²) in [6, 6.07) is 0. The lowest BCUT2D eigenvalue weighted by molar-refractivity contribution is -0.152. The van der Waals surface area contributed by atoms with Crippen molar-refractivity contribution in [2.75, 3.05) is 6.61 Å². The van der Waals surface area contributed by atoms with E-state index >= 15 is 0 Å². The Morgan fingerprint density at radius 2 is 2.20 bits per heavy atom. The SMILES string of the molecule is C=C1C(=O)O[C@H]2/C=C(\CO)CC/C=C(\C)C[C@H](OC(=O)CC(C)C)[C@@H]12. The van der Waals surface area contributed by atoms with Crippen LogP contribution < -0.4 is 0 Å². The standard InChI is InChI=1S/C20H28O5/c1-12(2)8-18(22)24-16-9-13(3)6-5-7-15(11-21)10-17-19(16)14(4)20(23)25-17/h6,10,12,16-17,19,21H,4-5,7-9,11H2,1-3H3/b13-6+,15-10-/t16-,17-,19+/m0/s1. The van der Waals surface area contributed by atoms with Gasteiger partial charge in [-0.25, -0.2) is 4.79 Å². The summed E-state index contributed by atoms with van der Waals surface area (Å²) in [6.07, 6.45) is 5.20. The molecule has 2 rings (SSSR count). The first-order valence-corrected chi connectivity index (χ1v) is 8.87. The van der Waals surface area contributed by atoms with Crippen molar-refractivity contribution in [3.63, 3.8) is 0 Å². The van der Waals surface area contributed by atoms with Crippen LogP contribution in [-0.4, -0.2) is 35.9 Å². The topological polar surface area (TPSA) is 72.8 Å². The molecule has 0 unspecified atom stereocenters. The van der Waals surface area contributed by atoms with Gasteiger partial charge in [0.25, 0.3) is 0 Å². The highest BCUT2D eigenvalue weighted by Crippen LogP contribution is 2.36. The largest absolute Gasteiger partial charge is 0.461 e. The number of aliphatic hydroxyl groups is 1. The lowest BCUT2D eigenvalue weighted by atomic mass is 9.85. The van der Waals surface area contributed by atoms with E-state index in [1.165, 1.54) is 0 Å². The number of hydrogen-bond donors (Lipinski definition) is 1. The van der Waals surface area contributed by atoms with E-state index in [2.05, 4.69) is 12.7 Å². The van der Waals surface area contributed by atoms with Gasteiger partial charge in [0.1, 0.15) is 12.2 Å². The first-order valence-electron chi connectivity index (χ1n) is 8.87. The van der Waals surface area contributed by atoms with Gasteiger partial charge in [-0.05, 0) is 37.3 Å². The van der Waals surface area contributed by atoms with Crippen molar-refractivity contribution in [1.29, 1.82) is 0 Å². The van der Waals surface area contributed by atoms with E-state index in [1.54, 1.807) is 6.08 Å². The van der Waals surface area contributed by atoms with Crippen molar-refractivity contribution in [2.24, 2.45) is 11.8 Å². The van der Waals surface area contributed by atoms with Gasteiger partial charge in [-0.2, -0.15) is 0 Å². The number of fused-ring (bicyclic) bond motifs is 1. The second-order valence-electron chi connectivity index (χ2n) is 7.32. The monoisotopic (exact) mass is 348 g/mol. The fourth-order valence-corrected chi connectivity index (χ4v) is 3.32. The molecule has 0 saturated carbocycles. The zero-order chi connectivity index (χ0) is 18.6. The number of esters is 2. The molecule has 1 heterocycles. The number of hydrogen-bond acceptors (Lipinski definition) is 5. The van der Waals surface area contributed by atoms with Crippen LogP contribution in [0.3, 0.4) is 0 Å². The Kier molecular flexibility index (Phi) is 6.59. The second kappa shape index (κ2) is 8.48. The Bertz CT molecular complexity index is 599. The van der Waals surface area contributed by atoms with Crippen LogP contribution in [0.1, 0.15) is 46.5 Å². The van der Waals surface area contributed by atoms with Gasteiger partial charge in [-0.3, -0.25) is 4.79 Å². The molecule has 1 aliphatic heterocycles. The molecule has 0 radical (unpaired) electrons. The van der Waals surface area contributed by atoms with Gasteiger partial charge in [-0.15, -0.1) is 0 Å². The Balaban J connectivity index is 2.33. The normalized spacial score (nSPS) is 31.5. The molecule has 5 nitrogen and oxygen atoms in total. The van der Waals surface area contributed by atoms with Gasteiger partial charge in [0.2, 0.25) is 0 Å². The van der Waals surface area contributed by atoms with Gasteiger partial charge in [0.05, 0.1) is 12.5 Å². The maximum absolute atomic E-state index is 12.2. The minimum Gasteiger partial charge on any atom is -0.461 e. The molecule has 0 spiro atoms. The molecule has 0 aromatic carbocycles. The Morgan fingerprint density at radius 1 is 1.48 bits per heavy atom. The van der Waals surface area contributed by atoms with Gasteiger partial charge < -0.3 is 14.6 Å². The molecule has 3 atom stereocenters. The Hall–Kier alpha value is -1.88. The number of ether oxygens (including phenoxy) is 2. The molecule has 1 N–H and O–H groups in total. The van der Waals surface area contributed by atoms with Crippen LogP contribution in [0.2, 0.25) is 0 Å². The fraction of sp³-hybridized carbons (Fsp3) is 0.600. The molecular weight excluding hydrogens is 320 g/mol. The first-order chi connectivity index (χ1) is 11.8. The van der Waals surface area contributed by atoms with Crippen molar-refractivity contribution >= 4 is 11.9 Å². The molecule has 138 valence electrons. The highest BCUT2D eigenvalue weighted by Gasteiger charge is 2.44. The molecule has 0 aromatic rings. The average Bonchev–Trinajstić information content (AvgIpc) is 2.79. The lowest BCUT2D eigenvalue weighted by Gasteiger charge is -2.27. The predicted molar refractivity (Wildman–Crippen MR) is 94.6 cm³/mol. The molecule has 5 heteroatoms. The minimum absolute atomic E-state index is 0.0854. The lowest BCUT2D eigenvalue weighted by Crippen LogP contribution is -2.33. The Morgan fingerprint density at radius 3 is 2.84 bits per heavy atom. The van der Waals surface area contributed by atoms with Crippen molar-refractivity contribution in [1.82, 2.24) is 0 Å². The maximum atomic E-state index is 12.2.